The molecule has 114 valence electrons. The van der Waals surface area contributed by atoms with Crippen LogP contribution in [0, 0.1) is 0 Å². The molecular weight excluding hydrogens is 278 g/mol. The average Bonchev–Trinajstić information content (AvgIpc) is 2.48. The van der Waals surface area contributed by atoms with Crippen molar-refractivity contribution in [2.45, 2.75) is 34.1 Å². The number of nitrogens with one attached hydrogen (secondary N) is 3. The number of hydrazine groups is 1. The highest BCUT2D eigenvalue weighted by Crippen LogP contribution is 2.14. The van der Waals surface area contributed by atoms with Gasteiger partial charge in [-0.3, -0.25) is 20.4 Å². The van der Waals surface area contributed by atoms with E-state index in [1.54, 1.807) is 38.1 Å². The molecule has 0 heterocycles. The van der Waals surface area contributed by atoms with Crippen LogP contribution in [0.15, 0.2) is 24.3 Å². The van der Waals surface area contributed by atoms with E-state index >= 15 is 0 Å². The Morgan fingerprint density at radius 1 is 1.05 bits per heavy atom. The van der Waals surface area contributed by atoms with Crippen LogP contribution in [0.1, 0.15) is 34.1 Å². The predicted molar refractivity (Wildman–Crippen MR) is 82.9 cm³/mol. The summed E-state index contributed by atoms with van der Waals surface area (Å²) in [5.74, 6) is -0.0923. The van der Waals surface area contributed by atoms with Gasteiger partial charge in [0.1, 0.15) is 0 Å². The Bertz CT molecular complexity index is 498. The first kappa shape index (κ1) is 18.2. The highest BCUT2D eigenvalue weighted by molar-refractivity contribution is 7.92. The summed E-state index contributed by atoms with van der Waals surface area (Å²) < 4.78 is 25.1. The van der Waals surface area contributed by atoms with Crippen LogP contribution < -0.4 is 15.6 Å². The molecular formula is C13H23N3O3S. The predicted octanol–water partition coefficient (Wildman–Crippen LogP) is 2.33. The van der Waals surface area contributed by atoms with E-state index in [1.165, 1.54) is 0 Å². The molecule has 0 saturated carbocycles. The summed E-state index contributed by atoms with van der Waals surface area (Å²) in [5, 5.41) is 0. The van der Waals surface area contributed by atoms with Gasteiger partial charge in [0.2, 0.25) is 15.9 Å². The van der Waals surface area contributed by atoms with E-state index in [4.69, 9.17) is 0 Å². The van der Waals surface area contributed by atoms with E-state index in [2.05, 4.69) is 15.6 Å². The Balaban J connectivity index is 0.00000172. The molecule has 0 aliphatic rings. The van der Waals surface area contributed by atoms with Crippen molar-refractivity contribution < 1.29 is 13.2 Å². The Kier molecular flexibility index (Phi) is 8.38. The molecule has 0 spiro atoms. The lowest BCUT2D eigenvalue weighted by molar-refractivity contribution is -0.120. The molecule has 0 atom stereocenters. The molecule has 0 bridgehead atoms. The summed E-state index contributed by atoms with van der Waals surface area (Å²) in [7, 11) is -3.26. The van der Waals surface area contributed by atoms with Crippen molar-refractivity contribution in [2.24, 2.45) is 0 Å². The molecule has 0 aliphatic carbocycles. The monoisotopic (exact) mass is 301 g/mol. The molecule has 6 nitrogen and oxygen atoms in total. The van der Waals surface area contributed by atoms with Gasteiger partial charge in [0.15, 0.2) is 0 Å². The van der Waals surface area contributed by atoms with Crippen LogP contribution >= 0.6 is 0 Å². The fourth-order valence-corrected chi connectivity index (χ4v) is 1.74. The molecule has 0 fully saturated rings. The largest absolute Gasteiger partial charge is 0.299 e. The molecule has 1 aromatic carbocycles. The van der Waals surface area contributed by atoms with Gasteiger partial charge < -0.3 is 0 Å². The van der Waals surface area contributed by atoms with Gasteiger partial charge >= 0.3 is 0 Å². The molecule has 0 saturated heterocycles. The van der Waals surface area contributed by atoms with Crippen molar-refractivity contribution in [1.82, 2.24) is 5.43 Å². The van der Waals surface area contributed by atoms with Crippen molar-refractivity contribution in [3.8, 4) is 0 Å². The number of hydrogen-bond donors (Lipinski definition) is 3. The highest BCUT2D eigenvalue weighted by atomic mass is 32.2. The van der Waals surface area contributed by atoms with Gasteiger partial charge in [-0.05, 0) is 31.2 Å². The topological polar surface area (TPSA) is 87.3 Å². The fraction of sp³-hybridized carbons (Fsp3) is 0.462. The first-order valence-electron chi connectivity index (χ1n) is 6.62. The summed E-state index contributed by atoms with van der Waals surface area (Å²) in [6.07, 6.45) is 0.390. The Morgan fingerprint density at radius 3 is 2.00 bits per heavy atom. The van der Waals surface area contributed by atoms with E-state index < -0.39 is 10.0 Å². The molecule has 1 aromatic rings. The number of rotatable bonds is 6. The lowest BCUT2D eigenvalue weighted by Crippen LogP contribution is -2.28. The summed E-state index contributed by atoms with van der Waals surface area (Å²) in [5.41, 5.74) is 6.39. The minimum absolute atomic E-state index is 0.0273. The smallest absolute Gasteiger partial charge is 0.238 e. The third-order valence-electron chi connectivity index (χ3n) is 2.21. The zero-order valence-corrected chi connectivity index (χ0v) is 13.2. The SMILES string of the molecule is CC.CCC(=O)NNc1ccc(NS(=O)(=O)CC)cc1. The van der Waals surface area contributed by atoms with Crippen LogP contribution in [0.3, 0.4) is 0 Å². The molecule has 3 N–H and O–H groups in total. The summed E-state index contributed by atoms with van der Waals surface area (Å²) in [6, 6.07) is 6.58. The number of carbonyl (C=O) groups excluding carboxylic acids is 1. The van der Waals surface area contributed by atoms with Gasteiger partial charge in [-0.15, -0.1) is 0 Å². The molecule has 1 rings (SSSR count). The van der Waals surface area contributed by atoms with Gasteiger partial charge in [0, 0.05) is 12.1 Å². The van der Waals surface area contributed by atoms with Gasteiger partial charge in [-0.1, -0.05) is 20.8 Å². The zero-order valence-electron chi connectivity index (χ0n) is 12.4. The normalized spacial score (nSPS) is 10.0. The molecule has 7 heteroatoms. The Labute approximate surface area is 121 Å². The average molecular weight is 301 g/mol. The second kappa shape index (κ2) is 9.19. The molecule has 20 heavy (non-hydrogen) atoms. The van der Waals surface area contributed by atoms with Crippen molar-refractivity contribution in [1.29, 1.82) is 0 Å². The van der Waals surface area contributed by atoms with Gasteiger partial charge in [-0.25, -0.2) is 8.42 Å². The number of carbonyl (C=O) groups is 1. The van der Waals surface area contributed by atoms with Crippen molar-refractivity contribution in [3.05, 3.63) is 24.3 Å². The van der Waals surface area contributed by atoms with Gasteiger partial charge in [0.05, 0.1) is 11.4 Å². The third-order valence-corrected chi connectivity index (χ3v) is 3.51. The molecule has 0 unspecified atom stereocenters. The Hall–Kier alpha value is -1.76. The number of benzene rings is 1. The van der Waals surface area contributed by atoms with Crippen molar-refractivity contribution in [3.63, 3.8) is 0 Å². The minimum atomic E-state index is -3.26. The number of sulfonamides is 1. The van der Waals surface area contributed by atoms with Crippen molar-refractivity contribution >= 4 is 27.3 Å². The maximum atomic E-state index is 11.3. The molecule has 1 amide bonds. The lowest BCUT2D eigenvalue weighted by atomic mass is 10.3. The molecule has 0 aliphatic heterocycles. The summed E-state index contributed by atoms with van der Waals surface area (Å²) >= 11 is 0. The number of amides is 1. The van der Waals surface area contributed by atoms with E-state index in [0.717, 1.165) is 0 Å². The molecule has 0 aromatic heterocycles. The van der Waals surface area contributed by atoms with E-state index in [0.29, 0.717) is 17.8 Å². The third kappa shape index (κ3) is 6.98. The quantitative estimate of drug-likeness (QED) is 0.704. The fourth-order valence-electron chi connectivity index (χ4n) is 1.10. The second-order valence-electron chi connectivity index (χ2n) is 3.61. The van der Waals surface area contributed by atoms with Crippen LogP contribution in [0.4, 0.5) is 11.4 Å². The maximum absolute atomic E-state index is 11.3. The van der Waals surface area contributed by atoms with Crippen LogP contribution in [0.25, 0.3) is 0 Å². The first-order valence-corrected chi connectivity index (χ1v) is 8.27. The zero-order chi connectivity index (χ0) is 15.6. The van der Waals surface area contributed by atoms with Crippen LogP contribution in [-0.4, -0.2) is 20.1 Å². The summed E-state index contributed by atoms with van der Waals surface area (Å²) in [4.78, 5) is 11.0. The summed E-state index contributed by atoms with van der Waals surface area (Å²) in [6.45, 7) is 7.32. The lowest BCUT2D eigenvalue weighted by Gasteiger charge is -2.09. The Morgan fingerprint density at radius 2 is 1.55 bits per heavy atom. The van der Waals surface area contributed by atoms with Crippen molar-refractivity contribution in [2.75, 3.05) is 15.9 Å². The standard InChI is InChI=1S/C11H17N3O3S.C2H6/c1-3-11(15)13-12-9-5-7-10(8-6-9)14-18(16,17)4-2;1-2/h5-8,12,14H,3-4H2,1-2H3,(H,13,15);1-2H3. The second-order valence-corrected chi connectivity index (χ2v) is 5.62. The minimum Gasteiger partial charge on any atom is -0.299 e. The van der Waals surface area contributed by atoms with Crippen LogP contribution in [-0.2, 0) is 14.8 Å². The van der Waals surface area contributed by atoms with Crippen LogP contribution in [0.5, 0.6) is 0 Å². The molecule has 0 radical (unpaired) electrons. The number of hydrogen-bond acceptors (Lipinski definition) is 4. The van der Waals surface area contributed by atoms with Gasteiger partial charge in [0.25, 0.3) is 0 Å². The first-order chi connectivity index (χ1) is 9.46. The highest BCUT2D eigenvalue weighted by Gasteiger charge is 2.06. The van der Waals surface area contributed by atoms with E-state index in [9.17, 15) is 13.2 Å². The number of anilines is 2. The van der Waals surface area contributed by atoms with Crippen LogP contribution in [0.2, 0.25) is 0 Å². The maximum Gasteiger partial charge on any atom is 0.238 e. The van der Waals surface area contributed by atoms with E-state index in [1.807, 2.05) is 13.8 Å². The van der Waals surface area contributed by atoms with Gasteiger partial charge in [-0.2, -0.15) is 0 Å². The van der Waals surface area contributed by atoms with E-state index in [-0.39, 0.29) is 11.7 Å².